The van der Waals surface area contributed by atoms with Crippen molar-refractivity contribution in [2.24, 2.45) is 0 Å². The number of thiazole rings is 1. The number of fused-ring (bicyclic) bond motifs is 1. The molecule has 1 aliphatic rings. The molecule has 1 amide bonds. The number of amides is 1. The zero-order valence-electron chi connectivity index (χ0n) is 15.1. The second-order valence-electron chi connectivity index (χ2n) is 6.87. The highest BCUT2D eigenvalue weighted by molar-refractivity contribution is 7.22. The molecule has 3 heterocycles. The number of benzene rings is 1. The van der Waals surface area contributed by atoms with E-state index in [0.29, 0.717) is 11.3 Å². The Bertz CT molecular complexity index is 945. The van der Waals surface area contributed by atoms with Gasteiger partial charge >= 0.3 is 0 Å². The van der Waals surface area contributed by atoms with Crippen molar-refractivity contribution in [3.05, 3.63) is 46.2 Å². The summed E-state index contributed by atoms with van der Waals surface area (Å²) in [5.74, 6) is 0.0597. The summed E-state index contributed by atoms with van der Waals surface area (Å²) in [7, 11) is 0. The number of ketones is 1. The molecule has 1 aliphatic heterocycles. The number of thiophene rings is 1. The SMILES string of the molecule is CC(=O)c1cc(CC(=O)N[C@H]2CCCN(c3nc4ccccc4s3)C2)cs1. The summed E-state index contributed by atoms with van der Waals surface area (Å²) in [4.78, 5) is 31.5. The van der Waals surface area contributed by atoms with Gasteiger partial charge in [-0.1, -0.05) is 23.5 Å². The third kappa shape index (κ3) is 4.20. The molecule has 1 N–H and O–H groups in total. The lowest BCUT2D eigenvalue weighted by Gasteiger charge is -2.32. The summed E-state index contributed by atoms with van der Waals surface area (Å²) in [5.41, 5.74) is 1.93. The van der Waals surface area contributed by atoms with Gasteiger partial charge in [0.15, 0.2) is 10.9 Å². The fraction of sp³-hybridized carbons (Fsp3) is 0.350. The minimum Gasteiger partial charge on any atom is -0.351 e. The molecule has 27 heavy (non-hydrogen) atoms. The Morgan fingerprint density at radius 1 is 1.33 bits per heavy atom. The van der Waals surface area contributed by atoms with E-state index in [1.807, 2.05) is 29.6 Å². The third-order valence-electron chi connectivity index (χ3n) is 4.71. The fourth-order valence-corrected chi connectivity index (χ4v) is 5.20. The summed E-state index contributed by atoms with van der Waals surface area (Å²) in [6.45, 7) is 3.31. The van der Waals surface area contributed by atoms with E-state index in [4.69, 9.17) is 4.98 Å². The first kappa shape index (κ1) is 18.1. The normalized spacial score (nSPS) is 17.2. The van der Waals surface area contributed by atoms with Crippen molar-refractivity contribution in [2.75, 3.05) is 18.0 Å². The Morgan fingerprint density at radius 3 is 2.96 bits per heavy atom. The molecule has 1 saturated heterocycles. The van der Waals surface area contributed by atoms with E-state index in [1.54, 1.807) is 18.3 Å². The maximum Gasteiger partial charge on any atom is 0.224 e. The van der Waals surface area contributed by atoms with E-state index >= 15 is 0 Å². The number of Topliss-reactive ketones (excluding diaryl/α,β-unsaturated/α-hetero) is 1. The van der Waals surface area contributed by atoms with Crippen molar-refractivity contribution in [1.29, 1.82) is 0 Å². The third-order valence-corrected chi connectivity index (χ3v) is 6.88. The van der Waals surface area contributed by atoms with E-state index in [-0.39, 0.29) is 17.7 Å². The predicted octanol–water partition coefficient (Wildman–Crippen LogP) is 3.89. The van der Waals surface area contributed by atoms with Gasteiger partial charge in [-0.3, -0.25) is 9.59 Å². The molecular weight excluding hydrogens is 378 g/mol. The number of hydrogen-bond acceptors (Lipinski definition) is 6. The minimum absolute atomic E-state index is 0.0130. The lowest BCUT2D eigenvalue weighted by molar-refractivity contribution is -0.121. The first-order valence-corrected chi connectivity index (χ1v) is 10.8. The zero-order valence-corrected chi connectivity index (χ0v) is 16.7. The molecule has 4 rings (SSSR count). The molecular formula is C20H21N3O2S2. The van der Waals surface area contributed by atoms with Crippen molar-refractivity contribution in [1.82, 2.24) is 10.3 Å². The lowest BCUT2D eigenvalue weighted by atomic mass is 10.1. The van der Waals surface area contributed by atoms with Gasteiger partial charge in [-0.15, -0.1) is 11.3 Å². The number of carbonyl (C=O) groups is 2. The van der Waals surface area contributed by atoms with Crippen LogP contribution in [0.5, 0.6) is 0 Å². The van der Waals surface area contributed by atoms with E-state index in [2.05, 4.69) is 16.3 Å². The predicted molar refractivity (Wildman–Crippen MR) is 111 cm³/mol. The largest absolute Gasteiger partial charge is 0.351 e. The van der Waals surface area contributed by atoms with Gasteiger partial charge in [0.25, 0.3) is 0 Å². The van der Waals surface area contributed by atoms with Crippen LogP contribution in [0.3, 0.4) is 0 Å². The van der Waals surface area contributed by atoms with E-state index in [0.717, 1.165) is 42.1 Å². The first-order chi connectivity index (χ1) is 13.1. The van der Waals surface area contributed by atoms with Crippen molar-refractivity contribution in [3.8, 4) is 0 Å². The number of rotatable bonds is 5. The molecule has 0 aliphatic carbocycles. The van der Waals surface area contributed by atoms with Crippen LogP contribution >= 0.6 is 22.7 Å². The number of nitrogens with one attached hydrogen (secondary N) is 1. The number of para-hydroxylation sites is 1. The molecule has 0 bridgehead atoms. The minimum atomic E-state index is 0.0130. The van der Waals surface area contributed by atoms with Gasteiger partial charge in [0.2, 0.25) is 5.91 Å². The standard InChI is InChI=1S/C20H21N3O2S2/c1-13(24)18-9-14(12-26-18)10-19(25)21-15-5-4-8-23(11-15)20-22-16-6-2-3-7-17(16)27-20/h2-3,6-7,9,12,15H,4-5,8,10-11H2,1H3,(H,21,25)/t15-/m0/s1. The Morgan fingerprint density at radius 2 is 2.19 bits per heavy atom. The number of piperidine rings is 1. The van der Waals surface area contributed by atoms with Crippen molar-refractivity contribution in [2.45, 2.75) is 32.2 Å². The summed E-state index contributed by atoms with van der Waals surface area (Å²) in [5, 5.41) is 6.08. The van der Waals surface area contributed by atoms with Crippen LogP contribution in [-0.2, 0) is 11.2 Å². The maximum absolute atomic E-state index is 12.4. The van der Waals surface area contributed by atoms with Crippen LogP contribution in [0, 0.1) is 0 Å². The second-order valence-corrected chi connectivity index (χ2v) is 8.79. The molecule has 0 saturated carbocycles. The number of anilines is 1. The lowest BCUT2D eigenvalue weighted by Crippen LogP contribution is -2.48. The fourth-order valence-electron chi connectivity index (χ4n) is 3.38. The van der Waals surface area contributed by atoms with Crippen molar-refractivity contribution < 1.29 is 9.59 Å². The summed E-state index contributed by atoms with van der Waals surface area (Å²) in [6, 6.07) is 10.1. The number of aromatic nitrogens is 1. The van der Waals surface area contributed by atoms with Gasteiger partial charge in [-0.2, -0.15) is 0 Å². The van der Waals surface area contributed by atoms with Crippen molar-refractivity contribution in [3.63, 3.8) is 0 Å². The van der Waals surface area contributed by atoms with Crippen LogP contribution in [0.2, 0.25) is 0 Å². The Labute approximate surface area is 166 Å². The van der Waals surface area contributed by atoms with Crippen LogP contribution in [0.15, 0.2) is 35.7 Å². The highest BCUT2D eigenvalue weighted by Gasteiger charge is 2.23. The molecule has 2 aromatic heterocycles. The maximum atomic E-state index is 12.4. The van der Waals surface area contributed by atoms with Gasteiger partial charge < -0.3 is 10.2 Å². The topological polar surface area (TPSA) is 62.3 Å². The number of hydrogen-bond donors (Lipinski definition) is 1. The van der Waals surface area contributed by atoms with Gasteiger partial charge in [0.05, 0.1) is 21.5 Å². The smallest absolute Gasteiger partial charge is 0.224 e. The average molecular weight is 400 g/mol. The Balaban J connectivity index is 1.37. The molecule has 140 valence electrons. The quantitative estimate of drug-likeness (QED) is 0.661. The van der Waals surface area contributed by atoms with Gasteiger partial charge in [-0.05, 0) is 48.9 Å². The number of nitrogens with zero attached hydrogens (tertiary/aromatic N) is 2. The van der Waals surface area contributed by atoms with Gasteiger partial charge in [0, 0.05) is 19.1 Å². The Kier molecular flexibility index (Phi) is 5.22. The van der Waals surface area contributed by atoms with Gasteiger partial charge in [0.1, 0.15) is 0 Å². The number of carbonyl (C=O) groups excluding carboxylic acids is 2. The summed E-state index contributed by atoms with van der Waals surface area (Å²) in [6.07, 6.45) is 2.34. The second kappa shape index (κ2) is 7.78. The molecule has 0 spiro atoms. The van der Waals surface area contributed by atoms with Crippen LogP contribution in [0.4, 0.5) is 5.13 Å². The molecule has 1 atom stereocenters. The van der Waals surface area contributed by atoms with Gasteiger partial charge in [-0.25, -0.2) is 4.98 Å². The highest BCUT2D eigenvalue weighted by Crippen LogP contribution is 2.30. The van der Waals surface area contributed by atoms with Crippen LogP contribution < -0.4 is 10.2 Å². The molecule has 1 aromatic carbocycles. The summed E-state index contributed by atoms with van der Waals surface area (Å²) >= 11 is 3.11. The van der Waals surface area contributed by atoms with E-state index in [9.17, 15) is 9.59 Å². The van der Waals surface area contributed by atoms with E-state index in [1.165, 1.54) is 16.0 Å². The highest BCUT2D eigenvalue weighted by atomic mass is 32.1. The Hall–Kier alpha value is -2.25. The molecule has 7 heteroatoms. The van der Waals surface area contributed by atoms with Crippen LogP contribution in [-0.4, -0.2) is 35.8 Å². The zero-order chi connectivity index (χ0) is 18.8. The molecule has 3 aromatic rings. The monoisotopic (exact) mass is 399 g/mol. The molecule has 0 radical (unpaired) electrons. The van der Waals surface area contributed by atoms with Crippen LogP contribution in [0.25, 0.3) is 10.2 Å². The van der Waals surface area contributed by atoms with E-state index < -0.39 is 0 Å². The van der Waals surface area contributed by atoms with Crippen LogP contribution in [0.1, 0.15) is 35.0 Å². The molecule has 1 fully saturated rings. The van der Waals surface area contributed by atoms with Crippen molar-refractivity contribution >= 4 is 49.7 Å². The molecule has 0 unspecified atom stereocenters. The average Bonchev–Trinajstić information content (AvgIpc) is 3.28. The first-order valence-electron chi connectivity index (χ1n) is 9.07. The molecule has 5 nitrogen and oxygen atoms in total. The summed E-state index contributed by atoms with van der Waals surface area (Å²) < 4.78 is 1.19.